The summed E-state index contributed by atoms with van der Waals surface area (Å²) < 4.78 is 23.8. The van der Waals surface area contributed by atoms with Gasteiger partial charge in [0, 0.05) is 18.2 Å². The molecule has 1 amide bonds. The van der Waals surface area contributed by atoms with Crippen molar-refractivity contribution in [2.24, 2.45) is 5.92 Å². The Morgan fingerprint density at radius 1 is 1.20 bits per heavy atom. The SMILES string of the molecule is COc1ccnc(C(=O)N[C@@H](C)C(=O)O[C@@H](C)[C@H](c2ccc(F)cc2)C2CC2)c1O. The summed E-state index contributed by atoms with van der Waals surface area (Å²) in [6.45, 7) is 3.29. The molecule has 3 rings (SSSR count). The number of aromatic hydroxyl groups is 1. The Bertz CT molecular complexity index is 914. The Kier molecular flexibility index (Phi) is 6.54. The fraction of sp³-hybridized carbons (Fsp3) is 0.409. The van der Waals surface area contributed by atoms with Crippen molar-refractivity contribution in [2.45, 2.75) is 44.8 Å². The number of hydrogen-bond acceptors (Lipinski definition) is 6. The number of esters is 1. The maximum atomic E-state index is 13.3. The minimum absolute atomic E-state index is 0.0402. The summed E-state index contributed by atoms with van der Waals surface area (Å²) in [5.41, 5.74) is 0.672. The van der Waals surface area contributed by atoms with Gasteiger partial charge < -0.3 is 19.9 Å². The van der Waals surface area contributed by atoms with Gasteiger partial charge in [0.2, 0.25) is 0 Å². The van der Waals surface area contributed by atoms with E-state index < -0.39 is 29.8 Å². The highest BCUT2D eigenvalue weighted by molar-refractivity contribution is 5.97. The summed E-state index contributed by atoms with van der Waals surface area (Å²) in [7, 11) is 1.36. The molecule has 8 heteroatoms. The van der Waals surface area contributed by atoms with Crippen molar-refractivity contribution >= 4 is 11.9 Å². The van der Waals surface area contributed by atoms with Crippen molar-refractivity contribution in [3.05, 3.63) is 53.6 Å². The summed E-state index contributed by atoms with van der Waals surface area (Å²) in [6.07, 6.45) is 2.92. The van der Waals surface area contributed by atoms with Gasteiger partial charge in [0.15, 0.2) is 17.2 Å². The molecule has 0 aliphatic heterocycles. The summed E-state index contributed by atoms with van der Waals surface area (Å²) in [5, 5.41) is 12.5. The molecule has 160 valence electrons. The predicted molar refractivity (Wildman–Crippen MR) is 107 cm³/mol. The van der Waals surface area contributed by atoms with Crippen LogP contribution in [0.1, 0.15) is 48.7 Å². The van der Waals surface area contributed by atoms with Crippen LogP contribution in [0.15, 0.2) is 36.5 Å². The quantitative estimate of drug-likeness (QED) is 0.642. The number of nitrogens with zero attached hydrogens (tertiary/aromatic N) is 1. The first-order valence-corrected chi connectivity index (χ1v) is 9.80. The van der Waals surface area contributed by atoms with Gasteiger partial charge in [-0.3, -0.25) is 4.79 Å². The molecule has 0 saturated heterocycles. The Morgan fingerprint density at radius 2 is 1.87 bits per heavy atom. The molecule has 0 unspecified atom stereocenters. The summed E-state index contributed by atoms with van der Waals surface area (Å²) in [4.78, 5) is 28.8. The monoisotopic (exact) mass is 416 g/mol. The number of benzene rings is 1. The van der Waals surface area contributed by atoms with Gasteiger partial charge in [-0.25, -0.2) is 14.2 Å². The Balaban J connectivity index is 1.64. The number of hydrogen-bond donors (Lipinski definition) is 2. The summed E-state index contributed by atoms with van der Waals surface area (Å²) in [6, 6.07) is 6.68. The largest absolute Gasteiger partial charge is 0.503 e. The number of halogens is 1. The molecule has 1 heterocycles. The molecule has 1 aliphatic carbocycles. The van der Waals surface area contributed by atoms with E-state index in [0.717, 1.165) is 18.4 Å². The third-order valence-electron chi connectivity index (χ3n) is 5.22. The van der Waals surface area contributed by atoms with E-state index in [9.17, 15) is 19.1 Å². The van der Waals surface area contributed by atoms with E-state index in [0.29, 0.717) is 5.92 Å². The van der Waals surface area contributed by atoms with Crippen LogP contribution in [0.5, 0.6) is 11.5 Å². The van der Waals surface area contributed by atoms with E-state index in [1.807, 2.05) is 0 Å². The van der Waals surface area contributed by atoms with E-state index in [4.69, 9.17) is 9.47 Å². The van der Waals surface area contributed by atoms with Gasteiger partial charge in [0.1, 0.15) is 18.0 Å². The second kappa shape index (κ2) is 9.11. The van der Waals surface area contributed by atoms with Crippen LogP contribution >= 0.6 is 0 Å². The van der Waals surface area contributed by atoms with Crippen LogP contribution in [0.2, 0.25) is 0 Å². The Labute approximate surface area is 174 Å². The van der Waals surface area contributed by atoms with Crippen molar-refractivity contribution in [2.75, 3.05) is 7.11 Å². The van der Waals surface area contributed by atoms with E-state index in [-0.39, 0.29) is 23.2 Å². The van der Waals surface area contributed by atoms with Crippen LogP contribution in [-0.2, 0) is 9.53 Å². The number of methoxy groups -OCH3 is 1. The molecule has 0 bridgehead atoms. The van der Waals surface area contributed by atoms with Crippen LogP contribution in [0.4, 0.5) is 4.39 Å². The molecule has 1 aliphatic rings. The number of carbonyl (C=O) groups excluding carboxylic acids is 2. The molecule has 7 nitrogen and oxygen atoms in total. The van der Waals surface area contributed by atoms with Crippen molar-refractivity contribution in [1.82, 2.24) is 10.3 Å². The molecule has 2 aromatic rings. The van der Waals surface area contributed by atoms with E-state index >= 15 is 0 Å². The van der Waals surface area contributed by atoms with Crippen LogP contribution in [0.3, 0.4) is 0 Å². The minimum Gasteiger partial charge on any atom is -0.503 e. The fourth-order valence-electron chi connectivity index (χ4n) is 3.52. The first-order chi connectivity index (χ1) is 14.3. The zero-order chi connectivity index (χ0) is 21.8. The molecule has 0 spiro atoms. The third-order valence-corrected chi connectivity index (χ3v) is 5.22. The lowest BCUT2D eigenvalue weighted by Crippen LogP contribution is -2.41. The molecular formula is C22H25FN2O5. The lowest BCUT2D eigenvalue weighted by molar-refractivity contribution is -0.151. The van der Waals surface area contributed by atoms with Gasteiger partial charge in [0.05, 0.1) is 7.11 Å². The van der Waals surface area contributed by atoms with E-state index in [1.54, 1.807) is 19.1 Å². The molecule has 0 radical (unpaired) electrons. The second-order valence-electron chi connectivity index (χ2n) is 7.46. The highest BCUT2D eigenvalue weighted by Gasteiger charge is 2.38. The van der Waals surface area contributed by atoms with Gasteiger partial charge in [-0.15, -0.1) is 0 Å². The lowest BCUT2D eigenvalue weighted by Gasteiger charge is -2.26. The van der Waals surface area contributed by atoms with E-state index in [2.05, 4.69) is 10.3 Å². The van der Waals surface area contributed by atoms with Crippen molar-refractivity contribution in [1.29, 1.82) is 0 Å². The van der Waals surface area contributed by atoms with Gasteiger partial charge in [-0.2, -0.15) is 0 Å². The second-order valence-corrected chi connectivity index (χ2v) is 7.46. The van der Waals surface area contributed by atoms with Crippen LogP contribution in [0, 0.1) is 11.7 Å². The lowest BCUT2D eigenvalue weighted by atomic mass is 9.89. The topological polar surface area (TPSA) is 97.8 Å². The Hall–Kier alpha value is -3.16. The van der Waals surface area contributed by atoms with Gasteiger partial charge in [0.25, 0.3) is 5.91 Å². The molecule has 1 aromatic heterocycles. The zero-order valence-corrected chi connectivity index (χ0v) is 17.1. The normalized spacial score (nSPS) is 16.3. The predicted octanol–water partition coefficient (Wildman–Crippen LogP) is 3.18. The number of pyridine rings is 1. The molecule has 30 heavy (non-hydrogen) atoms. The number of rotatable bonds is 8. The molecule has 1 aromatic carbocycles. The third kappa shape index (κ3) is 4.87. The molecule has 1 saturated carbocycles. The first-order valence-electron chi connectivity index (χ1n) is 9.80. The highest BCUT2D eigenvalue weighted by atomic mass is 19.1. The summed E-state index contributed by atoms with van der Waals surface area (Å²) in [5.74, 6) is -1.61. The van der Waals surface area contributed by atoms with Crippen molar-refractivity contribution in [3.8, 4) is 11.5 Å². The van der Waals surface area contributed by atoms with Gasteiger partial charge in [-0.1, -0.05) is 12.1 Å². The number of amides is 1. The number of ether oxygens (including phenoxy) is 2. The molecule has 1 fully saturated rings. The van der Waals surface area contributed by atoms with Crippen molar-refractivity contribution < 1.29 is 28.6 Å². The minimum atomic E-state index is -0.958. The summed E-state index contributed by atoms with van der Waals surface area (Å²) >= 11 is 0. The first kappa shape index (κ1) is 21.5. The highest BCUT2D eigenvalue weighted by Crippen LogP contribution is 2.45. The smallest absolute Gasteiger partial charge is 0.328 e. The van der Waals surface area contributed by atoms with E-state index in [1.165, 1.54) is 38.4 Å². The van der Waals surface area contributed by atoms with Gasteiger partial charge >= 0.3 is 5.97 Å². The molecule has 2 N–H and O–H groups in total. The maximum Gasteiger partial charge on any atom is 0.328 e. The van der Waals surface area contributed by atoms with Gasteiger partial charge in [-0.05, 0) is 50.3 Å². The van der Waals surface area contributed by atoms with Crippen LogP contribution in [0.25, 0.3) is 0 Å². The van der Waals surface area contributed by atoms with Crippen molar-refractivity contribution in [3.63, 3.8) is 0 Å². The van der Waals surface area contributed by atoms with Crippen LogP contribution in [-0.4, -0.2) is 41.2 Å². The Morgan fingerprint density at radius 3 is 2.47 bits per heavy atom. The standard InChI is InChI=1S/C22H25FN2O5/c1-12(25-21(27)19-20(26)17(29-3)10-11-24-19)22(28)30-13(2)18(14-4-5-14)15-6-8-16(23)9-7-15/h6-14,18,26H,4-5H2,1-3H3,(H,25,27)/t12-,13-,18-/m0/s1. The fourth-order valence-corrected chi connectivity index (χ4v) is 3.52. The maximum absolute atomic E-state index is 13.3. The molecular weight excluding hydrogens is 391 g/mol. The zero-order valence-electron chi connectivity index (χ0n) is 17.1. The average Bonchev–Trinajstić information content (AvgIpc) is 3.54. The van der Waals surface area contributed by atoms with Crippen LogP contribution < -0.4 is 10.1 Å². The number of aromatic nitrogens is 1. The molecule has 3 atom stereocenters. The number of carbonyl (C=O) groups is 2. The average molecular weight is 416 g/mol. The number of nitrogens with one attached hydrogen (secondary N) is 1.